The summed E-state index contributed by atoms with van der Waals surface area (Å²) in [6.45, 7) is 5.28. The fraction of sp³-hybridized carbons (Fsp3) is 0.463. The lowest BCUT2D eigenvalue weighted by molar-refractivity contribution is -0.134. The predicted octanol–water partition coefficient (Wildman–Crippen LogP) is 6.29. The van der Waals surface area contributed by atoms with Gasteiger partial charge in [0.25, 0.3) is 5.91 Å². The maximum Gasteiger partial charge on any atom is 0.410 e. The van der Waals surface area contributed by atoms with Crippen molar-refractivity contribution < 1.29 is 33.8 Å². The highest BCUT2D eigenvalue weighted by molar-refractivity contribution is 5.96. The van der Waals surface area contributed by atoms with E-state index in [1.807, 2.05) is 42.2 Å². The van der Waals surface area contributed by atoms with Crippen LogP contribution in [0, 0.1) is 12.8 Å². The summed E-state index contributed by atoms with van der Waals surface area (Å²) >= 11 is 0. The minimum atomic E-state index is -0.843. The normalized spacial score (nSPS) is 20.1. The molecule has 3 aromatic carbocycles. The van der Waals surface area contributed by atoms with Gasteiger partial charge in [0.1, 0.15) is 18.4 Å². The first kappa shape index (κ1) is 35.3. The van der Waals surface area contributed by atoms with Gasteiger partial charge < -0.3 is 29.7 Å². The lowest BCUT2D eigenvalue weighted by atomic mass is 9.92. The van der Waals surface area contributed by atoms with Crippen LogP contribution in [0.4, 0.5) is 9.59 Å². The molecule has 7 rings (SSSR count). The summed E-state index contributed by atoms with van der Waals surface area (Å²) < 4.78 is 12.0. The van der Waals surface area contributed by atoms with Gasteiger partial charge in [-0.3, -0.25) is 14.5 Å². The number of piperidine rings is 1. The zero-order valence-electron chi connectivity index (χ0n) is 29.8. The number of amides is 4. The Bertz CT molecular complexity index is 1750. The highest BCUT2D eigenvalue weighted by atomic mass is 16.6. The number of carbonyl (C=O) groups is 4. The lowest BCUT2D eigenvalue weighted by Crippen LogP contribution is -2.47. The van der Waals surface area contributed by atoms with Crippen molar-refractivity contribution in [3.63, 3.8) is 0 Å². The van der Waals surface area contributed by atoms with Crippen molar-refractivity contribution in [2.75, 3.05) is 45.9 Å². The first-order valence-electron chi connectivity index (χ1n) is 18.7. The minimum absolute atomic E-state index is 0.0915. The number of carboxylic acid groups (broad SMARTS) is 1. The molecule has 0 aromatic heterocycles. The van der Waals surface area contributed by atoms with Gasteiger partial charge in [-0.1, -0.05) is 48.5 Å². The fourth-order valence-electron chi connectivity index (χ4n) is 8.42. The number of aryl methyl sites for hydroxylation is 1. The smallest absolute Gasteiger partial charge is 0.410 e. The Morgan fingerprint density at radius 2 is 1.54 bits per heavy atom. The van der Waals surface area contributed by atoms with E-state index in [2.05, 4.69) is 29.6 Å². The summed E-state index contributed by atoms with van der Waals surface area (Å²) in [5.41, 5.74) is 5.81. The Kier molecular flexibility index (Phi) is 10.7. The SMILES string of the molecule is Cc1cc(OCCCC2CCN(C(=O)O)CC2)ccc1C(=O)N[C@H]1C[C@@H](C(=O)N2CCCC2)N(C(=O)OCC2c3ccccc3-c3ccccc32)C1. The Morgan fingerprint density at radius 1 is 0.865 bits per heavy atom. The van der Waals surface area contributed by atoms with Crippen molar-refractivity contribution in [2.24, 2.45) is 5.92 Å². The van der Waals surface area contributed by atoms with Crippen LogP contribution in [0.25, 0.3) is 11.1 Å². The molecular formula is C41H48N4O7. The van der Waals surface area contributed by atoms with E-state index in [-0.39, 0.29) is 30.9 Å². The van der Waals surface area contributed by atoms with Gasteiger partial charge in [-0.05, 0) is 104 Å². The van der Waals surface area contributed by atoms with Gasteiger partial charge >= 0.3 is 12.2 Å². The van der Waals surface area contributed by atoms with Crippen LogP contribution < -0.4 is 10.1 Å². The maximum atomic E-state index is 13.8. The molecule has 1 aliphatic carbocycles. The lowest BCUT2D eigenvalue weighted by Gasteiger charge is -2.29. The number of carbonyl (C=O) groups excluding carboxylic acids is 3. The summed E-state index contributed by atoms with van der Waals surface area (Å²) in [7, 11) is 0. The van der Waals surface area contributed by atoms with Crippen LogP contribution in [0.15, 0.2) is 66.7 Å². The average Bonchev–Trinajstić information content (AvgIpc) is 3.91. The van der Waals surface area contributed by atoms with E-state index < -0.39 is 24.3 Å². The van der Waals surface area contributed by atoms with Gasteiger partial charge in [-0.25, -0.2) is 9.59 Å². The Balaban J connectivity index is 0.951. The van der Waals surface area contributed by atoms with E-state index in [1.54, 1.807) is 12.1 Å². The van der Waals surface area contributed by atoms with Gasteiger partial charge in [0.15, 0.2) is 0 Å². The standard InChI is InChI=1S/C41H48N4O7/c1-27-23-30(51-22-8-9-28-16-20-44(21-17-28)40(48)49)14-15-31(27)38(46)42-29-24-37(39(47)43-18-6-7-19-43)45(25-29)41(50)52-26-36-34-12-4-2-10-32(34)33-11-3-5-13-35(33)36/h2-5,10-15,23,28-29,36-37H,6-9,16-22,24-26H2,1H3,(H,42,46)(H,48,49)/t29-,37-/m0/s1. The number of hydrogen-bond acceptors (Lipinski definition) is 6. The quantitative estimate of drug-likeness (QED) is 0.237. The van der Waals surface area contributed by atoms with E-state index in [4.69, 9.17) is 14.6 Å². The summed E-state index contributed by atoms with van der Waals surface area (Å²) in [5, 5.41) is 12.3. The number of nitrogens with zero attached hydrogens (tertiary/aromatic N) is 3. The molecule has 3 aliphatic heterocycles. The van der Waals surface area contributed by atoms with Crippen LogP contribution in [0.2, 0.25) is 0 Å². The molecule has 3 aromatic rings. The third-order valence-corrected chi connectivity index (χ3v) is 11.3. The average molecular weight is 709 g/mol. The first-order valence-corrected chi connectivity index (χ1v) is 18.7. The second kappa shape index (κ2) is 15.7. The van der Waals surface area contributed by atoms with Crippen molar-refractivity contribution in [3.8, 4) is 16.9 Å². The summed E-state index contributed by atoms with van der Waals surface area (Å²) in [5.74, 6) is 0.747. The first-order chi connectivity index (χ1) is 25.3. The minimum Gasteiger partial charge on any atom is -0.494 e. The largest absolute Gasteiger partial charge is 0.494 e. The third-order valence-electron chi connectivity index (χ3n) is 11.3. The van der Waals surface area contributed by atoms with Gasteiger partial charge in [0.05, 0.1) is 6.61 Å². The number of ether oxygens (including phenoxy) is 2. The van der Waals surface area contributed by atoms with Gasteiger partial charge in [0, 0.05) is 50.2 Å². The van der Waals surface area contributed by atoms with Crippen molar-refractivity contribution in [1.82, 2.24) is 20.0 Å². The van der Waals surface area contributed by atoms with Crippen molar-refractivity contribution in [2.45, 2.75) is 69.9 Å². The molecule has 4 amide bonds. The van der Waals surface area contributed by atoms with E-state index >= 15 is 0 Å². The molecule has 0 bridgehead atoms. The Labute approximate surface area is 304 Å². The predicted molar refractivity (Wildman–Crippen MR) is 195 cm³/mol. The number of nitrogens with one attached hydrogen (secondary N) is 1. The molecule has 2 N–H and O–H groups in total. The molecule has 0 radical (unpaired) electrons. The number of likely N-dealkylation sites (tertiary alicyclic amines) is 3. The highest BCUT2D eigenvalue weighted by Crippen LogP contribution is 2.44. The molecule has 3 saturated heterocycles. The van der Waals surface area contributed by atoms with Gasteiger partial charge in [0.2, 0.25) is 5.91 Å². The topological polar surface area (TPSA) is 129 Å². The number of hydrogen-bond donors (Lipinski definition) is 2. The van der Waals surface area contributed by atoms with Crippen molar-refractivity contribution in [3.05, 3.63) is 89.0 Å². The molecule has 2 atom stereocenters. The molecule has 4 aliphatic rings. The molecule has 11 nitrogen and oxygen atoms in total. The van der Waals surface area contributed by atoms with Gasteiger partial charge in [-0.15, -0.1) is 0 Å². The molecule has 3 fully saturated rings. The summed E-state index contributed by atoms with van der Waals surface area (Å²) in [6.07, 6.45) is 4.44. The molecule has 274 valence electrons. The number of benzene rings is 3. The fourth-order valence-corrected chi connectivity index (χ4v) is 8.42. The number of rotatable bonds is 10. The second-order valence-corrected chi connectivity index (χ2v) is 14.6. The van der Waals surface area contributed by atoms with Crippen molar-refractivity contribution in [1.29, 1.82) is 0 Å². The van der Waals surface area contributed by atoms with Crippen LogP contribution in [0.3, 0.4) is 0 Å². The summed E-state index contributed by atoms with van der Waals surface area (Å²) in [6, 6.07) is 20.7. The molecule has 0 saturated carbocycles. The number of fused-ring (bicyclic) bond motifs is 3. The Hall–Kier alpha value is -5.06. The van der Waals surface area contributed by atoms with E-state index in [0.29, 0.717) is 56.4 Å². The van der Waals surface area contributed by atoms with E-state index in [1.165, 1.54) is 9.80 Å². The van der Waals surface area contributed by atoms with Crippen LogP contribution >= 0.6 is 0 Å². The van der Waals surface area contributed by atoms with E-state index in [0.717, 1.165) is 66.3 Å². The van der Waals surface area contributed by atoms with Crippen LogP contribution in [-0.4, -0.2) is 102 Å². The Morgan fingerprint density at radius 3 is 2.19 bits per heavy atom. The molecule has 52 heavy (non-hydrogen) atoms. The maximum absolute atomic E-state index is 13.8. The molecule has 3 heterocycles. The van der Waals surface area contributed by atoms with Crippen LogP contribution in [-0.2, 0) is 9.53 Å². The van der Waals surface area contributed by atoms with E-state index in [9.17, 15) is 19.2 Å². The molecule has 11 heteroatoms. The zero-order chi connectivity index (χ0) is 36.2. The highest BCUT2D eigenvalue weighted by Gasteiger charge is 2.43. The van der Waals surface area contributed by atoms with Crippen LogP contribution in [0.1, 0.15) is 77.9 Å². The molecule has 0 unspecified atom stereocenters. The zero-order valence-corrected chi connectivity index (χ0v) is 29.8. The third kappa shape index (κ3) is 7.59. The van der Waals surface area contributed by atoms with Crippen LogP contribution in [0.5, 0.6) is 5.75 Å². The molecular weight excluding hydrogens is 660 g/mol. The summed E-state index contributed by atoms with van der Waals surface area (Å²) in [4.78, 5) is 57.0. The monoisotopic (exact) mass is 708 g/mol. The second-order valence-electron chi connectivity index (χ2n) is 14.6. The van der Waals surface area contributed by atoms with Crippen molar-refractivity contribution >= 4 is 24.0 Å². The molecule has 0 spiro atoms. The van der Waals surface area contributed by atoms with Gasteiger partial charge in [-0.2, -0.15) is 0 Å².